The van der Waals surface area contributed by atoms with Gasteiger partial charge in [0.25, 0.3) is 0 Å². The Kier molecular flexibility index (Phi) is 8.38. The van der Waals surface area contributed by atoms with E-state index in [4.69, 9.17) is 10.8 Å². The summed E-state index contributed by atoms with van der Waals surface area (Å²) < 4.78 is 13.0. The van der Waals surface area contributed by atoms with Gasteiger partial charge in [0.15, 0.2) is 0 Å². The minimum Gasteiger partial charge on any atom is -0.393 e. The number of nitrogen functional groups attached to an aromatic ring is 1. The Balaban J connectivity index is 0.000000336. The van der Waals surface area contributed by atoms with Crippen molar-refractivity contribution < 1.29 is 9.50 Å². The molecule has 1 aliphatic carbocycles. The number of hydrogen-bond acceptors (Lipinski definition) is 7. The van der Waals surface area contributed by atoms with Crippen LogP contribution in [0.3, 0.4) is 0 Å². The fourth-order valence-corrected chi connectivity index (χ4v) is 4.27. The average Bonchev–Trinajstić information content (AvgIpc) is 3.35. The van der Waals surface area contributed by atoms with Crippen LogP contribution in [-0.2, 0) is 6.54 Å². The molecule has 1 aromatic carbocycles. The Hall–Kier alpha value is -3.10. The van der Waals surface area contributed by atoms with E-state index in [1.807, 2.05) is 12.3 Å². The first-order chi connectivity index (χ1) is 16.6. The Labute approximate surface area is 200 Å². The van der Waals surface area contributed by atoms with Crippen molar-refractivity contribution in [1.82, 2.24) is 19.9 Å². The summed E-state index contributed by atoms with van der Waals surface area (Å²) in [7, 11) is 0. The summed E-state index contributed by atoms with van der Waals surface area (Å²) in [4.78, 5) is 15.5. The SMILES string of the molecule is Nc1nc(Nc2ccc(F)cc2)ncc1-c1ccc(CN2CCCC2)cn1.OC1CCCCC1. The van der Waals surface area contributed by atoms with Crippen LogP contribution in [-0.4, -0.2) is 44.2 Å². The minimum atomic E-state index is -0.296. The zero-order valence-corrected chi connectivity index (χ0v) is 19.5. The van der Waals surface area contributed by atoms with Crippen molar-refractivity contribution in [1.29, 1.82) is 0 Å². The Morgan fingerprint density at radius 3 is 2.26 bits per heavy atom. The Bertz CT molecular complexity index is 1030. The number of hydrogen-bond donors (Lipinski definition) is 3. The molecular formula is C26H33FN6O. The predicted molar refractivity (Wildman–Crippen MR) is 133 cm³/mol. The standard InChI is InChI=1S/C20H21FN6.C6H12O/c21-15-4-6-16(7-5-15)25-20-24-12-17(19(22)26-20)18-8-3-14(11-23-18)13-27-9-1-2-10-27;7-6-4-2-1-3-5-6/h3-8,11-12H,1-2,9-10,13H2,(H3,22,24,25,26);6-7H,1-5H2. The lowest BCUT2D eigenvalue weighted by molar-refractivity contribution is 0.130. The number of nitrogens with two attached hydrogens (primary N) is 1. The molecule has 1 aliphatic heterocycles. The van der Waals surface area contributed by atoms with E-state index in [2.05, 4.69) is 31.2 Å². The lowest BCUT2D eigenvalue weighted by Gasteiger charge is -2.14. The normalized spacial score (nSPS) is 16.6. The van der Waals surface area contributed by atoms with Gasteiger partial charge in [-0.05, 0) is 74.7 Å². The number of pyridine rings is 1. The van der Waals surface area contributed by atoms with Crippen molar-refractivity contribution in [2.75, 3.05) is 24.1 Å². The molecule has 0 bridgehead atoms. The second-order valence-corrected chi connectivity index (χ2v) is 8.95. The van der Waals surface area contributed by atoms with Crippen LogP contribution in [0.5, 0.6) is 0 Å². The van der Waals surface area contributed by atoms with Gasteiger partial charge in [-0.25, -0.2) is 9.37 Å². The van der Waals surface area contributed by atoms with E-state index in [0.29, 0.717) is 23.0 Å². The molecule has 0 spiro atoms. The van der Waals surface area contributed by atoms with Crippen LogP contribution in [0.1, 0.15) is 50.5 Å². The largest absolute Gasteiger partial charge is 0.393 e. The molecule has 7 nitrogen and oxygen atoms in total. The van der Waals surface area contributed by atoms with Crippen LogP contribution in [0, 0.1) is 5.82 Å². The third-order valence-electron chi connectivity index (χ3n) is 6.20. The van der Waals surface area contributed by atoms with E-state index in [1.165, 1.54) is 49.8 Å². The van der Waals surface area contributed by atoms with E-state index in [-0.39, 0.29) is 11.9 Å². The molecule has 0 radical (unpaired) electrons. The van der Waals surface area contributed by atoms with Gasteiger partial charge in [-0.2, -0.15) is 4.98 Å². The number of aromatic nitrogens is 3. The molecule has 3 heterocycles. The maximum atomic E-state index is 13.0. The summed E-state index contributed by atoms with van der Waals surface area (Å²) in [5.41, 5.74) is 9.41. The number of aliphatic hydroxyl groups excluding tert-OH is 1. The highest BCUT2D eigenvalue weighted by Gasteiger charge is 2.13. The molecule has 2 fully saturated rings. The van der Waals surface area contributed by atoms with Gasteiger partial charge in [-0.3, -0.25) is 9.88 Å². The Morgan fingerprint density at radius 2 is 1.68 bits per heavy atom. The molecule has 180 valence electrons. The van der Waals surface area contributed by atoms with Gasteiger partial charge in [0, 0.05) is 24.6 Å². The highest BCUT2D eigenvalue weighted by Crippen LogP contribution is 2.24. The van der Waals surface area contributed by atoms with Crippen LogP contribution in [0.2, 0.25) is 0 Å². The smallest absolute Gasteiger partial charge is 0.229 e. The average molecular weight is 465 g/mol. The maximum Gasteiger partial charge on any atom is 0.229 e. The zero-order chi connectivity index (χ0) is 23.8. The van der Waals surface area contributed by atoms with E-state index < -0.39 is 0 Å². The van der Waals surface area contributed by atoms with E-state index >= 15 is 0 Å². The third-order valence-corrected chi connectivity index (χ3v) is 6.20. The van der Waals surface area contributed by atoms with Crippen molar-refractivity contribution in [3.05, 3.63) is 60.2 Å². The van der Waals surface area contributed by atoms with Crippen molar-refractivity contribution in [2.24, 2.45) is 0 Å². The highest BCUT2D eigenvalue weighted by atomic mass is 19.1. The van der Waals surface area contributed by atoms with Crippen molar-refractivity contribution in [3.8, 4) is 11.3 Å². The number of nitrogens with zero attached hydrogens (tertiary/aromatic N) is 4. The fraction of sp³-hybridized carbons (Fsp3) is 0.423. The van der Waals surface area contributed by atoms with Crippen LogP contribution in [0.4, 0.5) is 21.8 Å². The molecule has 0 atom stereocenters. The molecule has 3 aromatic rings. The second kappa shape index (κ2) is 11.9. The number of aliphatic hydroxyl groups is 1. The second-order valence-electron chi connectivity index (χ2n) is 8.95. The van der Waals surface area contributed by atoms with Crippen LogP contribution in [0.15, 0.2) is 48.8 Å². The van der Waals surface area contributed by atoms with E-state index in [1.54, 1.807) is 18.3 Å². The van der Waals surface area contributed by atoms with Crippen molar-refractivity contribution in [2.45, 2.75) is 57.6 Å². The lowest BCUT2D eigenvalue weighted by Crippen LogP contribution is -2.18. The van der Waals surface area contributed by atoms with Gasteiger partial charge in [0.05, 0.1) is 17.4 Å². The van der Waals surface area contributed by atoms with Gasteiger partial charge < -0.3 is 16.2 Å². The van der Waals surface area contributed by atoms with Gasteiger partial charge in [-0.15, -0.1) is 0 Å². The molecule has 0 amide bonds. The van der Waals surface area contributed by atoms with Gasteiger partial charge >= 0.3 is 0 Å². The highest BCUT2D eigenvalue weighted by molar-refractivity contribution is 5.71. The third kappa shape index (κ3) is 6.95. The fourth-order valence-electron chi connectivity index (χ4n) is 4.27. The summed E-state index contributed by atoms with van der Waals surface area (Å²) in [6, 6.07) is 9.99. The van der Waals surface area contributed by atoms with Gasteiger partial charge in [0.1, 0.15) is 11.6 Å². The number of nitrogens with one attached hydrogen (secondary N) is 1. The van der Waals surface area contributed by atoms with Crippen molar-refractivity contribution in [3.63, 3.8) is 0 Å². The molecule has 4 N–H and O–H groups in total. The van der Waals surface area contributed by atoms with E-state index in [9.17, 15) is 4.39 Å². The minimum absolute atomic E-state index is 0.0359. The summed E-state index contributed by atoms with van der Waals surface area (Å²) in [6.45, 7) is 3.25. The van der Waals surface area contributed by atoms with Gasteiger partial charge in [-0.1, -0.05) is 25.3 Å². The number of rotatable bonds is 5. The first-order valence-electron chi connectivity index (χ1n) is 12.1. The number of likely N-dealkylation sites (tertiary alicyclic amines) is 1. The molecule has 5 rings (SSSR count). The number of benzene rings is 1. The maximum absolute atomic E-state index is 13.0. The van der Waals surface area contributed by atoms with Crippen LogP contribution < -0.4 is 11.1 Å². The summed E-state index contributed by atoms with van der Waals surface area (Å²) >= 11 is 0. The lowest BCUT2D eigenvalue weighted by atomic mass is 9.98. The predicted octanol–water partition coefficient (Wildman–Crippen LogP) is 4.91. The molecular weight excluding hydrogens is 431 g/mol. The quantitative estimate of drug-likeness (QED) is 0.493. The molecule has 34 heavy (non-hydrogen) atoms. The zero-order valence-electron chi connectivity index (χ0n) is 19.5. The summed E-state index contributed by atoms with van der Waals surface area (Å²) in [6.07, 6.45) is 12.0. The topological polar surface area (TPSA) is 100 Å². The molecule has 2 aromatic heterocycles. The number of anilines is 3. The summed E-state index contributed by atoms with van der Waals surface area (Å²) in [5, 5.41) is 11.9. The molecule has 1 saturated heterocycles. The van der Waals surface area contributed by atoms with Gasteiger partial charge in [0.2, 0.25) is 5.95 Å². The molecule has 1 saturated carbocycles. The summed E-state index contributed by atoms with van der Waals surface area (Å²) in [5.74, 6) is 0.401. The number of halogens is 1. The molecule has 8 heteroatoms. The monoisotopic (exact) mass is 464 g/mol. The van der Waals surface area contributed by atoms with Crippen LogP contribution >= 0.6 is 0 Å². The first kappa shape index (κ1) is 24.0. The van der Waals surface area contributed by atoms with Crippen LogP contribution in [0.25, 0.3) is 11.3 Å². The molecule has 2 aliphatic rings. The first-order valence-corrected chi connectivity index (χ1v) is 12.1. The van der Waals surface area contributed by atoms with Crippen molar-refractivity contribution >= 4 is 17.5 Å². The van der Waals surface area contributed by atoms with E-state index in [0.717, 1.165) is 38.2 Å². The molecule has 0 unspecified atom stereocenters. The Morgan fingerprint density at radius 1 is 0.941 bits per heavy atom.